The number of carbonyl (C=O) groups excluding carboxylic acids is 2. The van der Waals surface area contributed by atoms with Gasteiger partial charge in [0.15, 0.2) is 0 Å². The van der Waals surface area contributed by atoms with Crippen LogP contribution in [0.3, 0.4) is 0 Å². The second kappa shape index (κ2) is 7.38. The zero-order valence-electron chi connectivity index (χ0n) is 14.1. The van der Waals surface area contributed by atoms with Crippen molar-refractivity contribution in [2.75, 3.05) is 13.2 Å². The number of nitro benzene ring substituents is 1. The van der Waals surface area contributed by atoms with Crippen LogP contribution in [0.4, 0.5) is 5.69 Å². The SMILES string of the molecule is O=C1C(=O)N(CCO)[C@@H](c2ccccc2[N+](=O)[O-])C1=C(O)c1ccccc1. The van der Waals surface area contributed by atoms with Gasteiger partial charge in [0.1, 0.15) is 5.76 Å². The van der Waals surface area contributed by atoms with Crippen LogP contribution in [-0.4, -0.2) is 44.9 Å². The van der Waals surface area contributed by atoms with Gasteiger partial charge in [-0.2, -0.15) is 0 Å². The van der Waals surface area contributed by atoms with Crippen molar-refractivity contribution in [2.24, 2.45) is 0 Å². The van der Waals surface area contributed by atoms with Crippen LogP contribution in [0.25, 0.3) is 5.76 Å². The maximum atomic E-state index is 12.6. The second-order valence-corrected chi connectivity index (χ2v) is 5.90. The van der Waals surface area contributed by atoms with Crippen molar-refractivity contribution in [2.45, 2.75) is 6.04 Å². The van der Waals surface area contributed by atoms with E-state index in [0.717, 1.165) is 4.90 Å². The molecule has 138 valence electrons. The van der Waals surface area contributed by atoms with E-state index < -0.39 is 35.0 Å². The number of amides is 1. The van der Waals surface area contributed by atoms with Crippen molar-refractivity contribution >= 4 is 23.1 Å². The molecule has 2 N–H and O–H groups in total. The van der Waals surface area contributed by atoms with Crippen molar-refractivity contribution in [3.05, 3.63) is 81.4 Å². The number of Topliss-reactive ketones (excluding diaryl/α,β-unsaturated/α-hetero) is 1. The standard InChI is InChI=1S/C19H16N2O6/c22-11-10-20-16(13-8-4-5-9-14(13)21(26)27)15(18(24)19(20)25)17(23)12-6-2-1-3-7-12/h1-9,16,22-23H,10-11H2/t16-/m0/s1. The number of β-amino-alcohol motifs (C(OH)–C–C–N with tert-alkyl or cyclic N) is 1. The molecule has 0 aromatic heterocycles. The fourth-order valence-corrected chi connectivity index (χ4v) is 3.18. The van der Waals surface area contributed by atoms with E-state index in [0.29, 0.717) is 5.56 Å². The van der Waals surface area contributed by atoms with Gasteiger partial charge >= 0.3 is 0 Å². The second-order valence-electron chi connectivity index (χ2n) is 5.90. The van der Waals surface area contributed by atoms with E-state index in [9.17, 15) is 29.9 Å². The first-order valence-electron chi connectivity index (χ1n) is 8.15. The normalized spacial score (nSPS) is 18.7. The number of likely N-dealkylation sites (tertiary alicyclic amines) is 1. The van der Waals surface area contributed by atoms with Crippen molar-refractivity contribution < 1.29 is 24.7 Å². The molecule has 0 saturated carbocycles. The molecular weight excluding hydrogens is 352 g/mol. The number of aliphatic hydroxyl groups excluding tert-OH is 2. The summed E-state index contributed by atoms with van der Waals surface area (Å²) in [5.74, 6) is -2.30. The zero-order chi connectivity index (χ0) is 19.6. The molecule has 0 unspecified atom stereocenters. The van der Waals surface area contributed by atoms with Gasteiger partial charge in [0.25, 0.3) is 17.4 Å². The largest absolute Gasteiger partial charge is 0.507 e. The molecule has 2 aromatic rings. The van der Waals surface area contributed by atoms with Gasteiger partial charge in [-0.3, -0.25) is 19.7 Å². The molecule has 1 aliphatic heterocycles. The summed E-state index contributed by atoms with van der Waals surface area (Å²) in [5, 5.41) is 31.4. The van der Waals surface area contributed by atoms with Crippen LogP contribution in [0.1, 0.15) is 17.2 Å². The van der Waals surface area contributed by atoms with Gasteiger partial charge < -0.3 is 15.1 Å². The lowest BCUT2D eigenvalue weighted by atomic mass is 9.94. The summed E-state index contributed by atoms with van der Waals surface area (Å²) < 4.78 is 0. The quantitative estimate of drug-likeness (QED) is 0.274. The molecule has 1 aliphatic rings. The Bertz CT molecular complexity index is 938. The maximum absolute atomic E-state index is 12.6. The predicted octanol–water partition coefficient (Wildman–Crippen LogP) is 2.01. The summed E-state index contributed by atoms with van der Waals surface area (Å²) >= 11 is 0. The minimum atomic E-state index is -1.17. The molecule has 1 atom stereocenters. The van der Waals surface area contributed by atoms with E-state index >= 15 is 0 Å². The Morgan fingerprint density at radius 1 is 1.07 bits per heavy atom. The Balaban J connectivity index is 2.27. The topological polar surface area (TPSA) is 121 Å². The number of hydrogen-bond acceptors (Lipinski definition) is 6. The number of nitrogens with zero attached hydrogens (tertiary/aromatic N) is 2. The van der Waals surface area contributed by atoms with Crippen molar-refractivity contribution in [3.8, 4) is 0 Å². The Hall–Kier alpha value is -3.52. The number of nitro groups is 1. The minimum Gasteiger partial charge on any atom is -0.507 e. The molecule has 2 aromatic carbocycles. The van der Waals surface area contributed by atoms with Gasteiger partial charge in [0.2, 0.25) is 0 Å². The van der Waals surface area contributed by atoms with Crippen LogP contribution in [0.5, 0.6) is 0 Å². The fraction of sp³-hybridized carbons (Fsp3) is 0.158. The third-order valence-corrected chi connectivity index (χ3v) is 4.36. The number of aliphatic hydroxyl groups is 2. The molecule has 1 fully saturated rings. The Labute approximate surface area is 154 Å². The van der Waals surface area contributed by atoms with Gasteiger partial charge in [-0.25, -0.2) is 0 Å². The van der Waals surface area contributed by atoms with E-state index in [1.807, 2.05) is 0 Å². The van der Waals surface area contributed by atoms with Crippen LogP contribution in [0, 0.1) is 10.1 Å². The summed E-state index contributed by atoms with van der Waals surface area (Å²) in [6, 6.07) is 12.7. The summed E-state index contributed by atoms with van der Waals surface area (Å²) in [5.41, 5.74) is -0.129. The summed E-state index contributed by atoms with van der Waals surface area (Å²) in [6.07, 6.45) is 0. The minimum absolute atomic E-state index is 0.0904. The van der Waals surface area contributed by atoms with Gasteiger partial charge in [0.05, 0.1) is 28.7 Å². The fourth-order valence-electron chi connectivity index (χ4n) is 3.18. The number of rotatable bonds is 5. The molecule has 0 aliphatic carbocycles. The van der Waals surface area contributed by atoms with E-state index in [4.69, 9.17) is 0 Å². The average Bonchev–Trinajstić information content (AvgIpc) is 2.93. The molecule has 8 heteroatoms. The van der Waals surface area contributed by atoms with Crippen LogP contribution < -0.4 is 0 Å². The first-order chi connectivity index (χ1) is 13.0. The highest BCUT2D eigenvalue weighted by Gasteiger charge is 2.47. The van der Waals surface area contributed by atoms with Crippen molar-refractivity contribution in [1.29, 1.82) is 0 Å². The third kappa shape index (κ3) is 3.18. The van der Waals surface area contributed by atoms with Gasteiger partial charge in [-0.15, -0.1) is 0 Å². The van der Waals surface area contributed by atoms with Gasteiger partial charge in [0, 0.05) is 18.2 Å². The van der Waals surface area contributed by atoms with Crippen LogP contribution in [0.15, 0.2) is 60.2 Å². The summed E-state index contributed by atoms with van der Waals surface area (Å²) in [4.78, 5) is 36.9. The molecule has 1 heterocycles. The van der Waals surface area contributed by atoms with Gasteiger partial charge in [-0.1, -0.05) is 42.5 Å². The number of para-hydroxylation sites is 1. The molecular formula is C19H16N2O6. The Kier molecular flexibility index (Phi) is 5.00. The number of carbonyl (C=O) groups is 2. The smallest absolute Gasteiger partial charge is 0.295 e. The van der Waals surface area contributed by atoms with E-state index in [1.54, 1.807) is 36.4 Å². The van der Waals surface area contributed by atoms with E-state index in [-0.39, 0.29) is 23.4 Å². The van der Waals surface area contributed by atoms with Crippen LogP contribution >= 0.6 is 0 Å². The Morgan fingerprint density at radius 3 is 2.33 bits per heavy atom. The number of ketones is 1. The zero-order valence-corrected chi connectivity index (χ0v) is 14.1. The monoisotopic (exact) mass is 368 g/mol. The average molecular weight is 368 g/mol. The molecule has 1 amide bonds. The molecule has 3 rings (SSSR count). The molecule has 27 heavy (non-hydrogen) atoms. The van der Waals surface area contributed by atoms with Crippen LogP contribution in [-0.2, 0) is 9.59 Å². The third-order valence-electron chi connectivity index (χ3n) is 4.36. The predicted molar refractivity (Wildman–Crippen MR) is 95.6 cm³/mol. The highest BCUT2D eigenvalue weighted by molar-refractivity contribution is 6.46. The lowest BCUT2D eigenvalue weighted by molar-refractivity contribution is -0.385. The van der Waals surface area contributed by atoms with E-state index in [1.165, 1.54) is 18.2 Å². The highest BCUT2D eigenvalue weighted by Crippen LogP contribution is 2.42. The summed E-state index contributed by atoms with van der Waals surface area (Å²) in [6.45, 7) is -0.637. The maximum Gasteiger partial charge on any atom is 0.295 e. The van der Waals surface area contributed by atoms with Crippen molar-refractivity contribution in [3.63, 3.8) is 0 Å². The molecule has 0 radical (unpaired) electrons. The molecule has 0 bridgehead atoms. The van der Waals surface area contributed by atoms with Crippen molar-refractivity contribution in [1.82, 2.24) is 4.90 Å². The van der Waals surface area contributed by atoms with E-state index in [2.05, 4.69) is 0 Å². The number of benzene rings is 2. The Morgan fingerprint density at radius 2 is 1.70 bits per heavy atom. The first kappa shape index (κ1) is 18.3. The molecule has 0 spiro atoms. The molecule has 8 nitrogen and oxygen atoms in total. The summed E-state index contributed by atoms with van der Waals surface area (Å²) in [7, 11) is 0. The molecule has 1 saturated heterocycles. The van der Waals surface area contributed by atoms with Gasteiger partial charge in [-0.05, 0) is 6.07 Å². The number of hydrogen-bond donors (Lipinski definition) is 2. The highest BCUT2D eigenvalue weighted by atomic mass is 16.6. The lowest BCUT2D eigenvalue weighted by Crippen LogP contribution is -2.32. The lowest BCUT2D eigenvalue weighted by Gasteiger charge is -2.24. The van der Waals surface area contributed by atoms with Crippen LogP contribution in [0.2, 0.25) is 0 Å². The first-order valence-corrected chi connectivity index (χ1v) is 8.15.